The summed E-state index contributed by atoms with van der Waals surface area (Å²) in [6.45, 7) is 4.01. The third kappa shape index (κ3) is 3.23. The van der Waals surface area contributed by atoms with E-state index < -0.39 is 10.0 Å². The van der Waals surface area contributed by atoms with Crippen LogP contribution in [0.25, 0.3) is 0 Å². The van der Waals surface area contributed by atoms with E-state index in [0.717, 1.165) is 13.1 Å². The highest BCUT2D eigenvalue weighted by atomic mass is 32.2. The average Bonchev–Trinajstić information content (AvgIpc) is 2.54. The molecule has 2 rings (SSSR count). The second kappa shape index (κ2) is 6.64. The molecule has 1 aromatic rings. The quantitative estimate of drug-likeness (QED) is 0.815. The van der Waals surface area contributed by atoms with Crippen molar-refractivity contribution in [3.63, 3.8) is 0 Å². The molecule has 2 N–H and O–H groups in total. The van der Waals surface area contributed by atoms with Crippen LogP contribution in [0.15, 0.2) is 23.1 Å². The minimum atomic E-state index is -3.70. The fraction of sp³-hybridized carbons (Fsp3) is 0.500. The number of nitrogens with one attached hydrogen (secondary N) is 2. The van der Waals surface area contributed by atoms with Crippen molar-refractivity contribution in [3.8, 4) is 5.75 Å². The summed E-state index contributed by atoms with van der Waals surface area (Å²) in [5.41, 5.74) is 0.336. The molecular formula is C14H21N3O4S. The van der Waals surface area contributed by atoms with E-state index in [0.29, 0.717) is 12.1 Å². The Morgan fingerprint density at radius 3 is 2.77 bits per heavy atom. The highest BCUT2D eigenvalue weighted by molar-refractivity contribution is 7.89. The molecule has 0 aromatic heterocycles. The van der Waals surface area contributed by atoms with Gasteiger partial charge in [-0.25, -0.2) is 13.1 Å². The Labute approximate surface area is 130 Å². The molecule has 1 atom stereocenters. The van der Waals surface area contributed by atoms with Crippen LogP contribution in [0.1, 0.15) is 17.3 Å². The van der Waals surface area contributed by atoms with E-state index in [1.807, 2.05) is 6.92 Å². The molecule has 0 spiro atoms. The van der Waals surface area contributed by atoms with Crippen LogP contribution in [0.3, 0.4) is 0 Å². The summed E-state index contributed by atoms with van der Waals surface area (Å²) in [5, 5.41) is 3.21. The summed E-state index contributed by atoms with van der Waals surface area (Å²) in [4.78, 5) is 14.3. The number of carbonyl (C=O) groups excluding carboxylic acids is 1. The standard InChI is InChI=1S/C14H21N3O4S/c1-10-9-16-6-7-17(10)14(18)11-4-5-12(21-3)13(8-11)22(19,20)15-2/h4-5,8,10,15-16H,6-7,9H2,1-3H3/t10-/m1/s1. The molecule has 22 heavy (non-hydrogen) atoms. The number of amides is 1. The lowest BCUT2D eigenvalue weighted by atomic mass is 10.1. The molecule has 1 amide bonds. The van der Waals surface area contributed by atoms with Crippen LogP contribution < -0.4 is 14.8 Å². The van der Waals surface area contributed by atoms with E-state index in [-0.39, 0.29) is 22.6 Å². The molecule has 0 radical (unpaired) electrons. The summed E-state index contributed by atoms with van der Waals surface area (Å²) < 4.78 is 31.5. The van der Waals surface area contributed by atoms with Crippen molar-refractivity contribution in [2.75, 3.05) is 33.8 Å². The summed E-state index contributed by atoms with van der Waals surface area (Å²) in [7, 11) is -0.985. The Hall–Kier alpha value is -1.64. The van der Waals surface area contributed by atoms with Gasteiger partial charge in [-0.2, -0.15) is 0 Å². The van der Waals surface area contributed by atoms with Crippen LogP contribution >= 0.6 is 0 Å². The van der Waals surface area contributed by atoms with Gasteiger partial charge in [0.25, 0.3) is 5.91 Å². The maximum atomic E-state index is 12.6. The van der Waals surface area contributed by atoms with Gasteiger partial charge in [-0.05, 0) is 32.2 Å². The first-order chi connectivity index (χ1) is 10.4. The van der Waals surface area contributed by atoms with Crippen LogP contribution in [-0.2, 0) is 10.0 Å². The maximum absolute atomic E-state index is 12.6. The van der Waals surface area contributed by atoms with Crippen molar-refractivity contribution < 1.29 is 17.9 Å². The third-order valence-corrected chi connectivity index (χ3v) is 5.17. The van der Waals surface area contributed by atoms with Crippen LogP contribution in [-0.4, -0.2) is 59.1 Å². The molecule has 0 bridgehead atoms. The van der Waals surface area contributed by atoms with Gasteiger partial charge in [-0.1, -0.05) is 0 Å². The van der Waals surface area contributed by atoms with Gasteiger partial charge in [0, 0.05) is 31.2 Å². The first-order valence-corrected chi connectivity index (χ1v) is 8.52. The maximum Gasteiger partial charge on any atom is 0.254 e. The molecule has 1 fully saturated rings. The zero-order valence-electron chi connectivity index (χ0n) is 12.9. The van der Waals surface area contributed by atoms with Gasteiger partial charge in [-0.15, -0.1) is 0 Å². The highest BCUT2D eigenvalue weighted by Gasteiger charge is 2.26. The number of carbonyl (C=O) groups is 1. The average molecular weight is 327 g/mol. The normalized spacial score (nSPS) is 19.0. The Morgan fingerprint density at radius 1 is 1.45 bits per heavy atom. The topological polar surface area (TPSA) is 87.7 Å². The Bertz CT molecular complexity index is 660. The predicted molar refractivity (Wildman–Crippen MR) is 82.6 cm³/mol. The molecule has 122 valence electrons. The lowest BCUT2D eigenvalue weighted by Gasteiger charge is -2.34. The van der Waals surface area contributed by atoms with Gasteiger partial charge in [0.15, 0.2) is 0 Å². The van der Waals surface area contributed by atoms with Crippen LogP contribution in [0, 0.1) is 0 Å². The second-order valence-corrected chi connectivity index (χ2v) is 6.98. The number of hydrogen-bond donors (Lipinski definition) is 2. The molecule has 0 aliphatic carbocycles. The smallest absolute Gasteiger partial charge is 0.254 e. The number of hydrogen-bond acceptors (Lipinski definition) is 5. The van der Waals surface area contributed by atoms with Crippen molar-refractivity contribution in [1.29, 1.82) is 0 Å². The van der Waals surface area contributed by atoms with Gasteiger partial charge in [0.2, 0.25) is 10.0 Å². The van der Waals surface area contributed by atoms with Gasteiger partial charge >= 0.3 is 0 Å². The monoisotopic (exact) mass is 327 g/mol. The minimum Gasteiger partial charge on any atom is -0.495 e. The molecule has 1 saturated heterocycles. The fourth-order valence-corrected chi connectivity index (χ4v) is 3.36. The van der Waals surface area contributed by atoms with Gasteiger partial charge in [-0.3, -0.25) is 4.79 Å². The van der Waals surface area contributed by atoms with Crippen molar-refractivity contribution in [2.45, 2.75) is 17.9 Å². The van der Waals surface area contributed by atoms with E-state index in [4.69, 9.17) is 4.74 Å². The van der Waals surface area contributed by atoms with Gasteiger partial charge in [0.05, 0.1) is 7.11 Å². The van der Waals surface area contributed by atoms with E-state index in [2.05, 4.69) is 10.0 Å². The number of nitrogens with zero attached hydrogens (tertiary/aromatic N) is 1. The summed E-state index contributed by atoms with van der Waals surface area (Å²) >= 11 is 0. The molecule has 0 unspecified atom stereocenters. The lowest BCUT2D eigenvalue weighted by molar-refractivity contribution is 0.0655. The molecule has 1 aromatic carbocycles. The van der Waals surface area contributed by atoms with E-state index in [1.54, 1.807) is 11.0 Å². The molecule has 0 saturated carbocycles. The first kappa shape index (κ1) is 16.7. The van der Waals surface area contributed by atoms with E-state index in [1.165, 1.54) is 26.3 Å². The number of ether oxygens (including phenoxy) is 1. The lowest BCUT2D eigenvalue weighted by Crippen LogP contribution is -2.52. The molecule has 1 aliphatic heterocycles. The zero-order valence-corrected chi connectivity index (χ0v) is 13.7. The van der Waals surface area contributed by atoms with Crippen LogP contribution in [0.2, 0.25) is 0 Å². The van der Waals surface area contributed by atoms with Gasteiger partial charge < -0.3 is 15.0 Å². The summed E-state index contributed by atoms with van der Waals surface area (Å²) in [6, 6.07) is 4.52. The highest BCUT2D eigenvalue weighted by Crippen LogP contribution is 2.25. The Morgan fingerprint density at radius 2 is 2.18 bits per heavy atom. The van der Waals surface area contributed by atoms with Gasteiger partial charge in [0.1, 0.15) is 10.6 Å². The third-order valence-electron chi connectivity index (χ3n) is 3.73. The first-order valence-electron chi connectivity index (χ1n) is 7.04. The van der Waals surface area contributed by atoms with Crippen molar-refractivity contribution >= 4 is 15.9 Å². The SMILES string of the molecule is CNS(=O)(=O)c1cc(C(=O)N2CCNC[C@H]2C)ccc1OC. The number of methoxy groups -OCH3 is 1. The Balaban J connectivity index is 2.40. The largest absolute Gasteiger partial charge is 0.495 e. The molecular weight excluding hydrogens is 306 g/mol. The molecule has 8 heteroatoms. The summed E-state index contributed by atoms with van der Waals surface area (Å²) in [6.07, 6.45) is 0. The minimum absolute atomic E-state index is 0.0360. The molecule has 1 heterocycles. The predicted octanol–water partition coefficient (Wildman–Crippen LogP) is 0.0372. The van der Waals surface area contributed by atoms with Crippen molar-refractivity contribution in [2.24, 2.45) is 0 Å². The summed E-state index contributed by atoms with van der Waals surface area (Å²) in [5.74, 6) is 0.0310. The number of benzene rings is 1. The zero-order chi connectivity index (χ0) is 16.3. The molecule has 1 aliphatic rings. The Kier molecular flexibility index (Phi) is 5.05. The fourth-order valence-electron chi connectivity index (χ4n) is 2.44. The number of sulfonamides is 1. The van der Waals surface area contributed by atoms with E-state index >= 15 is 0 Å². The van der Waals surface area contributed by atoms with Crippen LogP contribution in [0.4, 0.5) is 0 Å². The number of piperazine rings is 1. The van der Waals surface area contributed by atoms with Crippen molar-refractivity contribution in [1.82, 2.24) is 14.9 Å². The van der Waals surface area contributed by atoms with Crippen molar-refractivity contribution in [3.05, 3.63) is 23.8 Å². The molecule has 7 nitrogen and oxygen atoms in total. The number of rotatable bonds is 4. The van der Waals surface area contributed by atoms with Crippen LogP contribution in [0.5, 0.6) is 5.75 Å². The van der Waals surface area contributed by atoms with E-state index in [9.17, 15) is 13.2 Å². The second-order valence-electron chi connectivity index (χ2n) is 5.12.